The molecule has 7 heavy (non-hydrogen) atoms. The highest BCUT2D eigenvalue weighted by atomic mass is 15.1. The Balaban J connectivity index is 2.02. The van der Waals surface area contributed by atoms with E-state index < -0.39 is 0 Å². The Bertz CT molecular complexity index is 80.2. The van der Waals surface area contributed by atoms with Gasteiger partial charge in [0.2, 0.25) is 0 Å². The van der Waals surface area contributed by atoms with Gasteiger partial charge in [-0.2, -0.15) is 7.05 Å². The number of hydrogen-bond acceptors (Lipinski definition) is 0. The third-order valence-corrected chi connectivity index (χ3v) is 2.17. The van der Waals surface area contributed by atoms with Crippen molar-refractivity contribution in [1.29, 1.82) is 0 Å². The maximum absolute atomic E-state index is 3.93. The van der Waals surface area contributed by atoms with Crippen LogP contribution in [0, 0.1) is 18.9 Å². The molecule has 1 N–H and O–H groups in total. The molecule has 40 valence electrons. The van der Waals surface area contributed by atoms with Crippen LogP contribution in [-0.4, -0.2) is 13.1 Å². The van der Waals surface area contributed by atoms with Gasteiger partial charge in [0.15, 0.2) is 0 Å². The van der Waals surface area contributed by atoms with E-state index in [0.717, 1.165) is 11.8 Å². The Hall–Kier alpha value is -0.0400. The number of nitrogens with one attached hydrogen (secondary N) is 1. The lowest BCUT2D eigenvalue weighted by Gasteiger charge is -2.13. The normalized spacial score (nSPS) is 57.0. The molecule has 1 heteroatoms. The molecule has 0 aromatic heterocycles. The molecule has 0 spiro atoms. The zero-order valence-electron chi connectivity index (χ0n) is 4.48. The largest absolute Gasteiger partial charge is 0.467 e. The summed E-state index contributed by atoms with van der Waals surface area (Å²) in [6.45, 7) is 2.70. The molecule has 1 aliphatic heterocycles. The molecule has 2 fully saturated rings. The van der Waals surface area contributed by atoms with Crippen LogP contribution in [0.1, 0.15) is 6.42 Å². The van der Waals surface area contributed by atoms with Gasteiger partial charge in [0.1, 0.15) is 0 Å². The lowest BCUT2D eigenvalue weighted by molar-refractivity contribution is -0.845. The highest BCUT2D eigenvalue weighted by Crippen LogP contribution is 2.38. The predicted octanol–water partition coefficient (Wildman–Crippen LogP) is -0.687. The number of fused-ring (bicyclic) bond motifs is 1. The minimum absolute atomic E-state index is 1.09. The van der Waals surface area contributed by atoms with Crippen molar-refractivity contribution in [3.8, 4) is 0 Å². The fraction of sp³-hybridized carbons (Fsp3) is 0.833. The highest BCUT2D eigenvalue weighted by Gasteiger charge is 2.45. The quantitative estimate of drug-likeness (QED) is 0.382. The van der Waals surface area contributed by atoms with E-state index in [1.165, 1.54) is 24.4 Å². The second-order valence-corrected chi connectivity index (χ2v) is 2.91. The van der Waals surface area contributed by atoms with Crippen LogP contribution in [0.3, 0.4) is 0 Å². The maximum atomic E-state index is 3.93. The first-order valence-corrected chi connectivity index (χ1v) is 3.03. The van der Waals surface area contributed by atoms with Crippen LogP contribution in [0.4, 0.5) is 0 Å². The summed E-state index contributed by atoms with van der Waals surface area (Å²) < 4.78 is 0. The predicted molar refractivity (Wildman–Crippen MR) is 27.7 cm³/mol. The Morgan fingerprint density at radius 3 is 2.14 bits per heavy atom. The van der Waals surface area contributed by atoms with Gasteiger partial charge < -0.3 is 4.90 Å². The SMILES string of the molecule is [CH2-][NH+]1C[C@H]2C[C@H]2C1. The van der Waals surface area contributed by atoms with E-state index in [0.29, 0.717) is 0 Å². The van der Waals surface area contributed by atoms with Crippen molar-refractivity contribution in [2.45, 2.75) is 6.42 Å². The summed E-state index contributed by atoms with van der Waals surface area (Å²) in [5.41, 5.74) is 0. The van der Waals surface area contributed by atoms with Gasteiger partial charge in [-0.1, -0.05) is 0 Å². The standard InChI is InChI=1S/C6H11N/c1-7-3-5-2-6(5)4-7/h5-7H,1-4H2/t5-,6+. The van der Waals surface area contributed by atoms with Crippen molar-refractivity contribution in [3.05, 3.63) is 7.05 Å². The molecular weight excluding hydrogens is 86.1 g/mol. The van der Waals surface area contributed by atoms with E-state index >= 15 is 0 Å². The summed E-state index contributed by atoms with van der Waals surface area (Å²) in [6.07, 6.45) is 1.51. The molecule has 0 aromatic carbocycles. The van der Waals surface area contributed by atoms with Crippen LogP contribution in [0.15, 0.2) is 0 Å². The second-order valence-electron chi connectivity index (χ2n) is 2.91. The van der Waals surface area contributed by atoms with Gasteiger partial charge in [-0.3, -0.25) is 0 Å². The number of piperidine rings is 1. The topological polar surface area (TPSA) is 4.44 Å². The average molecular weight is 97.2 g/mol. The van der Waals surface area contributed by atoms with Gasteiger partial charge in [-0.15, -0.1) is 0 Å². The summed E-state index contributed by atoms with van der Waals surface area (Å²) in [5.74, 6) is 2.18. The molecule has 0 bridgehead atoms. The molecule has 1 aliphatic carbocycles. The molecule has 2 rings (SSSR count). The Kier molecular flexibility index (Phi) is 0.571. The summed E-state index contributed by atoms with van der Waals surface area (Å²) >= 11 is 0. The molecule has 0 amide bonds. The van der Waals surface area contributed by atoms with E-state index in [1.54, 1.807) is 0 Å². The third kappa shape index (κ3) is 0.480. The molecule has 1 unspecified atom stereocenters. The van der Waals surface area contributed by atoms with Crippen LogP contribution in [0.25, 0.3) is 0 Å². The summed E-state index contributed by atoms with van der Waals surface area (Å²) in [7, 11) is 3.93. The summed E-state index contributed by atoms with van der Waals surface area (Å²) in [6, 6.07) is 0. The molecular formula is C6H11N. The number of likely N-dealkylation sites (tertiary alicyclic amines) is 1. The van der Waals surface area contributed by atoms with E-state index in [2.05, 4.69) is 7.05 Å². The minimum atomic E-state index is 1.09. The second kappa shape index (κ2) is 1.03. The van der Waals surface area contributed by atoms with E-state index in [9.17, 15) is 0 Å². The van der Waals surface area contributed by atoms with Crippen LogP contribution < -0.4 is 4.90 Å². The van der Waals surface area contributed by atoms with Gasteiger partial charge in [-0.05, 0) is 6.42 Å². The first kappa shape index (κ1) is 3.90. The Morgan fingerprint density at radius 2 is 1.86 bits per heavy atom. The Morgan fingerprint density at radius 1 is 1.29 bits per heavy atom. The van der Waals surface area contributed by atoms with Crippen LogP contribution >= 0.6 is 0 Å². The van der Waals surface area contributed by atoms with Crippen molar-refractivity contribution >= 4 is 0 Å². The van der Waals surface area contributed by atoms with Gasteiger partial charge >= 0.3 is 0 Å². The maximum Gasteiger partial charge on any atom is 0.0564 e. The number of quaternary nitrogens is 1. The third-order valence-electron chi connectivity index (χ3n) is 2.17. The molecule has 3 atom stereocenters. The monoisotopic (exact) mass is 97.1 g/mol. The van der Waals surface area contributed by atoms with Crippen LogP contribution in [0.2, 0.25) is 0 Å². The van der Waals surface area contributed by atoms with E-state index in [-0.39, 0.29) is 0 Å². The fourth-order valence-corrected chi connectivity index (χ4v) is 1.64. The van der Waals surface area contributed by atoms with Crippen molar-refractivity contribution in [1.82, 2.24) is 0 Å². The average Bonchev–Trinajstić information content (AvgIpc) is 2.15. The van der Waals surface area contributed by atoms with Crippen LogP contribution in [0.5, 0.6) is 0 Å². The molecule has 0 aromatic rings. The Labute approximate surface area is 44.3 Å². The van der Waals surface area contributed by atoms with Gasteiger partial charge in [0.05, 0.1) is 13.1 Å². The fourth-order valence-electron chi connectivity index (χ4n) is 1.64. The van der Waals surface area contributed by atoms with E-state index in [1.807, 2.05) is 0 Å². The molecule has 1 heterocycles. The summed E-state index contributed by atoms with van der Waals surface area (Å²) in [5, 5.41) is 0. The zero-order valence-corrected chi connectivity index (χ0v) is 4.48. The van der Waals surface area contributed by atoms with Crippen LogP contribution in [-0.2, 0) is 0 Å². The number of hydrogen-bond donors (Lipinski definition) is 1. The molecule has 1 nitrogen and oxygen atoms in total. The number of rotatable bonds is 0. The molecule has 1 saturated carbocycles. The van der Waals surface area contributed by atoms with Crippen molar-refractivity contribution < 1.29 is 4.90 Å². The first-order chi connectivity index (χ1) is 3.36. The van der Waals surface area contributed by atoms with Gasteiger partial charge in [0, 0.05) is 11.8 Å². The lowest BCUT2D eigenvalue weighted by atomic mass is 10.4. The molecule has 0 radical (unpaired) electrons. The van der Waals surface area contributed by atoms with Gasteiger partial charge in [0.25, 0.3) is 0 Å². The van der Waals surface area contributed by atoms with Crippen molar-refractivity contribution in [2.75, 3.05) is 13.1 Å². The van der Waals surface area contributed by atoms with Crippen molar-refractivity contribution in [2.24, 2.45) is 11.8 Å². The van der Waals surface area contributed by atoms with Crippen molar-refractivity contribution in [3.63, 3.8) is 0 Å². The highest BCUT2D eigenvalue weighted by molar-refractivity contribution is 4.88. The zero-order chi connectivity index (χ0) is 4.85. The molecule has 1 saturated heterocycles. The first-order valence-electron chi connectivity index (χ1n) is 3.03. The minimum Gasteiger partial charge on any atom is -0.467 e. The smallest absolute Gasteiger partial charge is 0.0564 e. The van der Waals surface area contributed by atoms with Gasteiger partial charge in [-0.25, -0.2) is 0 Å². The summed E-state index contributed by atoms with van der Waals surface area (Å²) in [4.78, 5) is 1.50. The lowest BCUT2D eigenvalue weighted by Crippen LogP contribution is -3.05. The molecule has 2 aliphatic rings. The van der Waals surface area contributed by atoms with E-state index in [4.69, 9.17) is 0 Å².